The molecule has 0 aromatic heterocycles. The van der Waals surface area contributed by atoms with Gasteiger partial charge in [-0.3, -0.25) is 4.79 Å². The second-order valence-electron chi connectivity index (χ2n) is 7.23. The zero-order valence-electron chi connectivity index (χ0n) is 17.1. The van der Waals surface area contributed by atoms with Crippen molar-refractivity contribution in [3.8, 4) is 28.7 Å². The third kappa shape index (κ3) is 2.48. The lowest BCUT2D eigenvalue weighted by Gasteiger charge is -2.23. The highest BCUT2D eigenvalue weighted by Crippen LogP contribution is 2.49. The molecule has 0 bridgehead atoms. The standard InChI is InChI=1S/C23H21NO6/c1-24-21(12-5-6-16-19(8-12)30-11-29-16)20-15(23(24)25)7-13-9-17(26-2)18(27-3)10-14(13)22(20)28-4/h5-10,21H,11H2,1-4H3. The SMILES string of the molecule is COc1cc2cc3c(c(OC)c2cc1OC)C(c1ccc2c(c1)OCO2)N(C)C3=O. The predicted molar refractivity (Wildman–Crippen MR) is 110 cm³/mol. The van der Waals surface area contributed by atoms with Crippen molar-refractivity contribution in [3.05, 3.63) is 53.1 Å². The number of fused-ring (bicyclic) bond motifs is 3. The summed E-state index contributed by atoms with van der Waals surface area (Å²) in [6.07, 6.45) is 0. The van der Waals surface area contributed by atoms with Crippen LogP contribution in [0.25, 0.3) is 10.8 Å². The number of rotatable bonds is 4. The summed E-state index contributed by atoms with van der Waals surface area (Å²) in [4.78, 5) is 14.9. The van der Waals surface area contributed by atoms with E-state index in [2.05, 4.69) is 0 Å². The zero-order valence-corrected chi connectivity index (χ0v) is 17.1. The van der Waals surface area contributed by atoms with Gasteiger partial charge in [-0.1, -0.05) is 6.07 Å². The highest BCUT2D eigenvalue weighted by molar-refractivity contribution is 6.07. The van der Waals surface area contributed by atoms with Crippen molar-refractivity contribution in [3.63, 3.8) is 0 Å². The lowest BCUT2D eigenvalue weighted by molar-refractivity contribution is 0.0793. The fourth-order valence-electron chi connectivity index (χ4n) is 4.35. The quantitative estimate of drug-likeness (QED) is 0.656. The smallest absolute Gasteiger partial charge is 0.254 e. The minimum atomic E-state index is -0.311. The highest BCUT2D eigenvalue weighted by atomic mass is 16.7. The van der Waals surface area contributed by atoms with Gasteiger partial charge in [0.15, 0.2) is 23.0 Å². The molecule has 30 heavy (non-hydrogen) atoms. The van der Waals surface area contributed by atoms with Gasteiger partial charge in [-0.25, -0.2) is 0 Å². The van der Waals surface area contributed by atoms with E-state index in [4.69, 9.17) is 23.7 Å². The molecule has 154 valence electrons. The molecule has 1 amide bonds. The number of carbonyl (C=O) groups is 1. The third-order valence-electron chi connectivity index (χ3n) is 5.76. The number of benzene rings is 3. The molecule has 0 radical (unpaired) electrons. The second-order valence-corrected chi connectivity index (χ2v) is 7.23. The number of hydrogen-bond acceptors (Lipinski definition) is 6. The van der Waals surface area contributed by atoms with Gasteiger partial charge in [0.2, 0.25) is 6.79 Å². The first-order valence-electron chi connectivity index (χ1n) is 9.50. The van der Waals surface area contributed by atoms with Crippen molar-refractivity contribution < 1.29 is 28.5 Å². The molecular weight excluding hydrogens is 386 g/mol. The summed E-state index contributed by atoms with van der Waals surface area (Å²) in [7, 11) is 6.59. The van der Waals surface area contributed by atoms with Crippen LogP contribution in [0.2, 0.25) is 0 Å². The van der Waals surface area contributed by atoms with Crippen LogP contribution in [0.15, 0.2) is 36.4 Å². The Morgan fingerprint density at radius 2 is 1.67 bits per heavy atom. The monoisotopic (exact) mass is 407 g/mol. The summed E-state index contributed by atoms with van der Waals surface area (Å²) >= 11 is 0. The molecule has 2 heterocycles. The van der Waals surface area contributed by atoms with Gasteiger partial charge >= 0.3 is 0 Å². The van der Waals surface area contributed by atoms with Crippen LogP contribution in [0, 0.1) is 0 Å². The number of hydrogen-bond donors (Lipinski definition) is 0. The summed E-state index contributed by atoms with van der Waals surface area (Å²) in [5.41, 5.74) is 2.35. The van der Waals surface area contributed by atoms with Crippen molar-refractivity contribution in [2.24, 2.45) is 0 Å². The summed E-state index contributed by atoms with van der Waals surface area (Å²) < 4.78 is 27.7. The van der Waals surface area contributed by atoms with E-state index in [1.807, 2.05) is 36.4 Å². The topological polar surface area (TPSA) is 66.5 Å². The molecule has 2 aliphatic rings. The largest absolute Gasteiger partial charge is 0.496 e. The highest BCUT2D eigenvalue weighted by Gasteiger charge is 2.39. The Hall–Kier alpha value is -3.61. The van der Waals surface area contributed by atoms with Crippen LogP contribution in [0.1, 0.15) is 27.5 Å². The van der Waals surface area contributed by atoms with Crippen LogP contribution >= 0.6 is 0 Å². The van der Waals surface area contributed by atoms with Crippen molar-refractivity contribution in [2.45, 2.75) is 6.04 Å². The molecule has 7 nitrogen and oxygen atoms in total. The summed E-state index contributed by atoms with van der Waals surface area (Å²) in [5.74, 6) is 3.14. The maximum atomic E-state index is 13.2. The molecule has 0 N–H and O–H groups in total. The first-order valence-corrected chi connectivity index (χ1v) is 9.50. The maximum absolute atomic E-state index is 13.2. The molecule has 3 aromatic carbocycles. The number of carbonyl (C=O) groups excluding carboxylic acids is 1. The van der Waals surface area contributed by atoms with Gasteiger partial charge in [0.1, 0.15) is 5.75 Å². The second kappa shape index (κ2) is 6.73. The Kier molecular flexibility index (Phi) is 4.13. The molecule has 5 rings (SSSR count). The normalized spacial score (nSPS) is 16.7. The fraction of sp³-hybridized carbons (Fsp3) is 0.261. The number of ether oxygens (including phenoxy) is 5. The predicted octanol–water partition coefficient (Wildman–Crippen LogP) is 3.77. The van der Waals surface area contributed by atoms with Crippen molar-refractivity contribution in [1.29, 1.82) is 0 Å². The summed E-state index contributed by atoms with van der Waals surface area (Å²) in [6, 6.07) is 11.1. The first kappa shape index (κ1) is 18.4. The molecule has 0 saturated heterocycles. The summed E-state index contributed by atoms with van der Waals surface area (Å²) in [5, 5.41) is 1.69. The molecule has 0 saturated carbocycles. The molecule has 0 fully saturated rings. The van der Waals surface area contributed by atoms with Crippen molar-refractivity contribution in [2.75, 3.05) is 35.2 Å². The number of amides is 1. The average molecular weight is 407 g/mol. The lowest BCUT2D eigenvalue weighted by atomic mass is 9.93. The van der Waals surface area contributed by atoms with Crippen LogP contribution in [-0.4, -0.2) is 46.0 Å². The molecular formula is C23H21NO6. The lowest BCUT2D eigenvalue weighted by Crippen LogP contribution is -2.23. The Morgan fingerprint density at radius 3 is 2.40 bits per heavy atom. The molecule has 3 aromatic rings. The summed E-state index contributed by atoms with van der Waals surface area (Å²) in [6.45, 7) is 0.199. The Balaban J connectivity index is 1.77. The van der Waals surface area contributed by atoms with Crippen molar-refractivity contribution in [1.82, 2.24) is 4.90 Å². The maximum Gasteiger partial charge on any atom is 0.254 e. The van der Waals surface area contributed by atoms with E-state index >= 15 is 0 Å². The van der Waals surface area contributed by atoms with E-state index in [-0.39, 0.29) is 18.7 Å². The van der Waals surface area contributed by atoms with Crippen molar-refractivity contribution >= 4 is 16.7 Å². The van der Waals surface area contributed by atoms with Gasteiger partial charge in [-0.05, 0) is 41.3 Å². The Morgan fingerprint density at radius 1 is 0.933 bits per heavy atom. The van der Waals surface area contributed by atoms with Crippen LogP contribution in [0.5, 0.6) is 28.7 Å². The van der Waals surface area contributed by atoms with E-state index in [9.17, 15) is 4.79 Å². The number of nitrogens with zero attached hydrogens (tertiary/aromatic N) is 1. The average Bonchev–Trinajstić information content (AvgIpc) is 3.33. The minimum absolute atomic E-state index is 0.0670. The van der Waals surface area contributed by atoms with E-state index < -0.39 is 0 Å². The minimum Gasteiger partial charge on any atom is -0.496 e. The van der Waals surface area contributed by atoms with E-state index in [0.29, 0.717) is 34.3 Å². The molecule has 0 aliphatic carbocycles. The molecule has 0 spiro atoms. The van der Waals surface area contributed by atoms with E-state index in [0.717, 1.165) is 21.9 Å². The Labute approximate surface area is 173 Å². The first-order chi connectivity index (χ1) is 14.6. The Bertz CT molecular complexity index is 1190. The van der Waals surface area contributed by atoms with E-state index in [1.165, 1.54) is 0 Å². The van der Waals surface area contributed by atoms with E-state index in [1.54, 1.807) is 33.3 Å². The molecule has 7 heteroatoms. The van der Waals surface area contributed by atoms with Crippen LogP contribution in [0.4, 0.5) is 0 Å². The van der Waals surface area contributed by atoms with Crippen LogP contribution in [0.3, 0.4) is 0 Å². The van der Waals surface area contributed by atoms with Gasteiger partial charge in [0, 0.05) is 23.6 Å². The van der Waals surface area contributed by atoms with Gasteiger partial charge in [-0.15, -0.1) is 0 Å². The third-order valence-corrected chi connectivity index (χ3v) is 5.76. The van der Waals surface area contributed by atoms with Crippen LogP contribution in [-0.2, 0) is 0 Å². The molecule has 2 aliphatic heterocycles. The zero-order chi connectivity index (χ0) is 21.0. The van der Waals surface area contributed by atoms with Crippen LogP contribution < -0.4 is 23.7 Å². The van der Waals surface area contributed by atoms with Gasteiger partial charge in [0.05, 0.1) is 27.4 Å². The fourth-order valence-corrected chi connectivity index (χ4v) is 4.35. The van der Waals surface area contributed by atoms with Gasteiger partial charge in [-0.2, -0.15) is 0 Å². The molecule has 1 unspecified atom stereocenters. The van der Waals surface area contributed by atoms with Gasteiger partial charge < -0.3 is 28.6 Å². The molecule has 1 atom stereocenters. The number of methoxy groups -OCH3 is 3. The van der Waals surface area contributed by atoms with Gasteiger partial charge in [0.25, 0.3) is 5.91 Å².